The summed E-state index contributed by atoms with van der Waals surface area (Å²) in [6, 6.07) is 10.0. The third-order valence-corrected chi connectivity index (χ3v) is 9.45. The molecule has 208 valence electrons. The summed E-state index contributed by atoms with van der Waals surface area (Å²) in [6.07, 6.45) is 4.13. The van der Waals surface area contributed by atoms with Crippen LogP contribution in [0.2, 0.25) is 0 Å². The van der Waals surface area contributed by atoms with E-state index in [9.17, 15) is 22.4 Å². The number of hydrogen-bond donors (Lipinski definition) is 0. The summed E-state index contributed by atoms with van der Waals surface area (Å²) < 4.78 is 42.8. The number of aryl methyl sites for hydroxylation is 2. The number of benzene rings is 1. The molecule has 0 bridgehead atoms. The zero-order valence-electron chi connectivity index (χ0n) is 22.3. The molecular weight excluding hydrogens is 541 g/mol. The summed E-state index contributed by atoms with van der Waals surface area (Å²) in [5.41, 5.74) is 0.928. The Morgan fingerprint density at radius 3 is 2.59 bits per heavy atom. The molecule has 8 nitrogen and oxygen atoms in total. The van der Waals surface area contributed by atoms with Crippen molar-refractivity contribution in [3.63, 3.8) is 0 Å². The van der Waals surface area contributed by atoms with Gasteiger partial charge in [0.15, 0.2) is 15.6 Å². The van der Waals surface area contributed by atoms with E-state index in [1.165, 1.54) is 30.4 Å². The van der Waals surface area contributed by atoms with E-state index in [2.05, 4.69) is 9.97 Å². The zero-order chi connectivity index (χ0) is 28.2. The SMILES string of the molecule is CCS(=O)(=O)CC(=O)c1nc(CN(CCCc2cccc(F)c2)C(=O)C2(c3ccc(OC)cn3)CC2)sc1C. The lowest BCUT2D eigenvalue weighted by Crippen LogP contribution is -2.40. The Morgan fingerprint density at radius 2 is 1.97 bits per heavy atom. The topological polar surface area (TPSA) is 107 Å². The third-order valence-electron chi connectivity index (χ3n) is 6.91. The Bertz CT molecular complexity index is 1450. The Kier molecular flexibility index (Phi) is 8.80. The highest BCUT2D eigenvalue weighted by atomic mass is 32.2. The van der Waals surface area contributed by atoms with Crippen LogP contribution in [0.25, 0.3) is 0 Å². The predicted molar refractivity (Wildman–Crippen MR) is 147 cm³/mol. The fraction of sp³-hybridized carbons (Fsp3) is 0.429. The van der Waals surface area contributed by atoms with Crippen molar-refractivity contribution in [2.75, 3.05) is 25.2 Å². The van der Waals surface area contributed by atoms with Crippen LogP contribution in [-0.4, -0.2) is 60.1 Å². The third kappa shape index (κ3) is 6.88. The average molecular weight is 574 g/mol. The van der Waals surface area contributed by atoms with Gasteiger partial charge in [-0.05, 0) is 62.4 Å². The molecule has 0 saturated heterocycles. The number of carbonyl (C=O) groups excluding carboxylic acids is 2. The lowest BCUT2D eigenvalue weighted by atomic mass is 9.99. The van der Waals surface area contributed by atoms with E-state index in [4.69, 9.17) is 4.74 Å². The minimum atomic E-state index is -3.49. The van der Waals surface area contributed by atoms with Gasteiger partial charge in [-0.25, -0.2) is 17.8 Å². The standard InChI is InChI=1S/C28H32FN3O5S2/c1-4-39(35,36)18-23(33)26-19(2)38-25(31-26)17-32(14-6-8-20-7-5-9-21(29)15-20)27(34)28(12-13-28)24-11-10-22(37-3)16-30-24/h5,7,9-11,15-16H,4,6,8,12-14,17-18H2,1-3H3. The molecule has 0 unspecified atom stereocenters. The van der Waals surface area contributed by atoms with E-state index in [0.717, 1.165) is 5.56 Å². The second-order valence-electron chi connectivity index (χ2n) is 9.74. The van der Waals surface area contributed by atoms with Gasteiger partial charge in [-0.2, -0.15) is 0 Å². The summed E-state index contributed by atoms with van der Waals surface area (Å²) in [6.45, 7) is 3.81. The second kappa shape index (κ2) is 11.9. The highest BCUT2D eigenvalue weighted by Crippen LogP contribution is 2.49. The van der Waals surface area contributed by atoms with Gasteiger partial charge in [-0.1, -0.05) is 19.1 Å². The van der Waals surface area contributed by atoms with Crippen molar-refractivity contribution in [2.45, 2.75) is 51.5 Å². The molecular formula is C28H32FN3O5S2. The van der Waals surface area contributed by atoms with Crippen LogP contribution in [0.3, 0.4) is 0 Å². The number of pyridine rings is 1. The van der Waals surface area contributed by atoms with Gasteiger partial charge in [-0.15, -0.1) is 11.3 Å². The van der Waals surface area contributed by atoms with Gasteiger partial charge < -0.3 is 9.64 Å². The molecule has 1 fully saturated rings. The molecule has 0 radical (unpaired) electrons. The summed E-state index contributed by atoms with van der Waals surface area (Å²) in [5.74, 6) is -1.02. The van der Waals surface area contributed by atoms with E-state index in [1.807, 2.05) is 12.1 Å². The number of nitrogens with zero attached hydrogens (tertiary/aromatic N) is 3. The lowest BCUT2D eigenvalue weighted by Gasteiger charge is -2.27. The Labute approximate surface area is 232 Å². The number of rotatable bonds is 13. The maximum atomic E-state index is 14.0. The molecule has 2 heterocycles. The Morgan fingerprint density at radius 1 is 1.21 bits per heavy atom. The normalized spacial score (nSPS) is 14.2. The van der Waals surface area contributed by atoms with Crippen LogP contribution < -0.4 is 4.74 Å². The smallest absolute Gasteiger partial charge is 0.235 e. The molecule has 0 N–H and O–H groups in total. The molecule has 1 aliphatic carbocycles. The molecule has 11 heteroatoms. The van der Waals surface area contributed by atoms with Gasteiger partial charge in [-0.3, -0.25) is 14.6 Å². The first kappa shape index (κ1) is 28.8. The van der Waals surface area contributed by atoms with Crippen molar-refractivity contribution >= 4 is 32.9 Å². The molecule has 4 rings (SSSR count). The molecule has 0 spiro atoms. The van der Waals surface area contributed by atoms with Gasteiger partial charge >= 0.3 is 0 Å². The monoisotopic (exact) mass is 573 g/mol. The molecule has 0 aliphatic heterocycles. The number of halogens is 1. The maximum Gasteiger partial charge on any atom is 0.235 e. The number of aromatic nitrogens is 2. The van der Waals surface area contributed by atoms with Crippen LogP contribution in [0, 0.1) is 12.7 Å². The maximum absolute atomic E-state index is 14.0. The van der Waals surface area contributed by atoms with Gasteiger partial charge in [0.05, 0.1) is 31.0 Å². The van der Waals surface area contributed by atoms with Gasteiger partial charge in [0.2, 0.25) is 5.91 Å². The number of ether oxygens (including phenoxy) is 1. The molecule has 0 atom stereocenters. The van der Waals surface area contributed by atoms with E-state index in [0.29, 0.717) is 53.6 Å². The number of carbonyl (C=O) groups is 2. The fourth-order valence-corrected chi connectivity index (χ4v) is 6.23. The molecule has 1 aliphatic rings. The number of amides is 1. The number of Topliss-reactive ketones (excluding diaryl/α,β-unsaturated/α-hetero) is 1. The summed E-state index contributed by atoms with van der Waals surface area (Å²) >= 11 is 1.28. The van der Waals surface area contributed by atoms with E-state index in [-0.39, 0.29) is 29.7 Å². The van der Waals surface area contributed by atoms with Crippen molar-refractivity contribution in [3.8, 4) is 5.75 Å². The Hall–Kier alpha value is -3.18. The molecule has 1 amide bonds. The van der Waals surface area contributed by atoms with Gasteiger partial charge in [0.25, 0.3) is 0 Å². The van der Waals surface area contributed by atoms with E-state index >= 15 is 0 Å². The van der Waals surface area contributed by atoms with Gasteiger partial charge in [0.1, 0.15) is 28.0 Å². The summed E-state index contributed by atoms with van der Waals surface area (Å²) in [7, 11) is -1.93. The van der Waals surface area contributed by atoms with Crippen molar-refractivity contribution in [1.29, 1.82) is 0 Å². The van der Waals surface area contributed by atoms with Crippen LogP contribution in [0.4, 0.5) is 4.39 Å². The second-order valence-corrected chi connectivity index (χ2v) is 13.4. The van der Waals surface area contributed by atoms with Crippen molar-refractivity contribution in [2.24, 2.45) is 0 Å². The number of ketones is 1. The highest BCUT2D eigenvalue weighted by Gasteiger charge is 2.54. The van der Waals surface area contributed by atoms with Crippen LogP contribution in [0.15, 0.2) is 42.6 Å². The van der Waals surface area contributed by atoms with Crippen molar-refractivity contribution in [1.82, 2.24) is 14.9 Å². The van der Waals surface area contributed by atoms with E-state index < -0.39 is 26.8 Å². The minimum absolute atomic E-state index is 0.0753. The fourth-order valence-electron chi connectivity index (χ4n) is 4.52. The highest BCUT2D eigenvalue weighted by molar-refractivity contribution is 7.92. The largest absolute Gasteiger partial charge is 0.495 e. The van der Waals surface area contributed by atoms with Gasteiger partial charge in [0, 0.05) is 17.2 Å². The van der Waals surface area contributed by atoms with Crippen LogP contribution in [0.5, 0.6) is 5.75 Å². The number of thiazole rings is 1. The minimum Gasteiger partial charge on any atom is -0.495 e. The number of hydrogen-bond acceptors (Lipinski definition) is 8. The predicted octanol–water partition coefficient (Wildman–Crippen LogP) is 4.30. The van der Waals surface area contributed by atoms with Crippen molar-refractivity contribution < 1.29 is 27.1 Å². The lowest BCUT2D eigenvalue weighted by molar-refractivity contribution is -0.134. The molecule has 2 aromatic heterocycles. The van der Waals surface area contributed by atoms with Crippen LogP contribution >= 0.6 is 11.3 Å². The first-order valence-electron chi connectivity index (χ1n) is 12.8. The zero-order valence-corrected chi connectivity index (χ0v) is 23.9. The Balaban J connectivity index is 1.56. The molecule has 3 aromatic rings. The van der Waals surface area contributed by atoms with Crippen LogP contribution in [0.1, 0.15) is 57.8 Å². The number of sulfone groups is 1. The summed E-state index contributed by atoms with van der Waals surface area (Å²) in [4.78, 5) is 37.9. The average Bonchev–Trinajstić information content (AvgIpc) is 3.64. The molecule has 1 saturated carbocycles. The quantitative estimate of drug-likeness (QED) is 0.281. The molecule has 1 aromatic carbocycles. The van der Waals surface area contributed by atoms with E-state index in [1.54, 1.807) is 37.3 Å². The summed E-state index contributed by atoms with van der Waals surface area (Å²) in [5, 5.41) is 0.558. The van der Waals surface area contributed by atoms with Crippen molar-refractivity contribution in [3.05, 3.63) is 75.2 Å². The number of methoxy groups -OCH3 is 1. The molecule has 39 heavy (non-hydrogen) atoms. The first-order chi connectivity index (χ1) is 18.6. The first-order valence-corrected chi connectivity index (χ1v) is 15.4. The van der Waals surface area contributed by atoms with Crippen LogP contribution in [-0.2, 0) is 33.0 Å².